The molecule has 0 aromatic rings. The smallest absolute Gasteiger partial charge is 0.220 e. The van der Waals surface area contributed by atoms with Crippen molar-refractivity contribution in [1.29, 1.82) is 0 Å². The Hall–Kier alpha value is -0.610. The summed E-state index contributed by atoms with van der Waals surface area (Å²) >= 11 is 0. The van der Waals surface area contributed by atoms with Crippen molar-refractivity contribution in [3.8, 4) is 0 Å². The van der Waals surface area contributed by atoms with Gasteiger partial charge in [-0.1, -0.05) is 142 Å². The van der Waals surface area contributed by atoms with Crippen LogP contribution in [-0.2, 0) is 4.79 Å². The van der Waals surface area contributed by atoms with Crippen LogP contribution in [0.5, 0.6) is 0 Å². The zero-order valence-corrected chi connectivity index (χ0v) is 22.4. The minimum Gasteiger partial charge on any atom is -0.394 e. The third-order valence-corrected chi connectivity index (χ3v) is 6.87. The summed E-state index contributed by atoms with van der Waals surface area (Å²) in [5.74, 6) is -0.0375. The van der Waals surface area contributed by atoms with Gasteiger partial charge in [0.15, 0.2) is 0 Å². The number of carbonyl (C=O) groups is 1. The van der Waals surface area contributed by atoms with Crippen molar-refractivity contribution in [2.24, 2.45) is 0 Å². The second-order valence-electron chi connectivity index (χ2n) is 10.2. The van der Waals surface area contributed by atoms with Gasteiger partial charge >= 0.3 is 0 Å². The Morgan fingerprint density at radius 3 is 1.36 bits per heavy atom. The number of hydrogen-bond donors (Lipinski definition) is 3. The summed E-state index contributed by atoms with van der Waals surface area (Å²) in [4.78, 5) is 12.1. The molecule has 1 amide bonds. The van der Waals surface area contributed by atoms with E-state index in [2.05, 4.69) is 19.2 Å². The minimum atomic E-state index is -0.648. The van der Waals surface area contributed by atoms with Gasteiger partial charge in [-0.2, -0.15) is 0 Å². The van der Waals surface area contributed by atoms with Gasteiger partial charge in [-0.3, -0.25) is 4.79 Å². The van der Waals surface area contributed by atoms with E-state index in [1.807, 2.05) is 0 Å². The molecule has 0 saturated carbocycles. The molecule has 0 aliphatic rings. The molecule has 0 aliphatic heterocycles. The average molecular weight is 470 g/mol. The monoisotopic (exact) mass is 469 g/mol. The molecular formula is C29H59NO3. The molecule has 198 valence electrons. The molecule has 0 spiro atoms. The number of aliphatic hydroxyl groups excluding tert-OH is 2. The van der Waals surface area contributed by atoms with Gasteiger partial charge < -0.3 is 15.5 Å². The van der Waals surface area contributed by atoms with Crippen LogP contribution < -0.4 is 5.32 Å². The topological polar surface area (TPSA) is 69.6 Å². The Balaban J connectivity index is 3.58. The van der Waals surface area contributed by atoms with Crippen LogP contribution in [0.4, 0.5) is 0 Å². The van der Waals surface area contributed by atoms with Crippen LogP contribution in [0, 0.1) is 0 Å². The minimum absolute atomic E-state index is 0.0375. The summed E-state index contributed by atoms with van der Waals surface area (Å²) < 4.78 is 0. The van der Waals surface area contributed by atoms with Gasteiger partial charge in [-0.15, -0.1) is 0 Å². The van der Waals surface area contributed by atoms with Crippen LogP contribution in [0.2, 0.25) is 0 Å². The number of amides is 1. The van der Waals surface area contributed by atoms with E-state index in [1.165, 1.54) is 109 Å². The van der Waals surface area contributed by atoms with Crippen molar-refractivity contribution in [2.45, 2.75) is 174 Å². The number of nitrogens with one attached hydrogen (secondary N) is 1. The molecule has 4 nitrogen and oxygen atoms in total. The Bertz CT molecular complexity index is 402. The summed E-state index contributed by atoms with van der Waals surface area (Å²) in [6, 6.07) is -0.524. The molecule has 2 atom stereocenters. The zero-order chi connectivity index (χ0) is 24.4. The van der Waals surface area contributed by atoms with Crippen LogP contribution in [-0.4, -0.2) is 34.9 Å². The molecule has 0 bridgehead atoms. The number of hydrogen-bond acceptors (Lipinski definition) is 3. The third-order valence-electron chi connectivity index (χ3n) is 6.87. The first-order valence-corrected chi connectivity index (χ1v) is 14.7. The molecule has 0 aliphatic carbocycles. The molecule has 0 fully saturated rings. The van der Waals surface area contributed by atoms with Crippen LogP contribution in [0.15, 0.2) is 0 Å². The third kappa shape index (κ3) is 22.9. The fraction of sp³-hybridized carbons (Fsp3) is 0.966. The average Bonchev–Trinajstić information content (AvgIpc) is 2.82. The first kappa shape index (κ1) is 32.4. The molecule has 33 heavy (non-hydrogen) atoms. The molecular weight excluding hydrogens is 410 g/mol. The molecule has 0 unspecified atom stereocenters. The molecule has 0 aromatic heterocycles. The Morgan fingerprint density at radius 1 is 0.606 bits per heavy atom. The predicted molar refractivity (Wildman–Crippen MR) is 143 cm³/mol. The second-order valence-corrected chi connectivity index (χ2v) is 10.2. The van der Waals surface area contributed by atoms with Crippen molar-refractivity contribution in [2.75, 3.05) is 6.61 Å². The second kappa shape index (κ2) is 26.0. The van der Waals surface area contributed by atoms with Crippen molar-refractivity contribution >= 4 is 5.91 Å². The molecule has 0 radical (unpaired) electrons. The van der Waals surface area contributed by atoms with E-state index in [1.54, 1.807) is 0 Å². The molecule has 4 heteroatoms. The van der Waals surface area contributed by atoms with Crippen LogP contribution in [0.25, 0.3) is 0 Å². The van der Waals surface area contributed by atoms with Crippen molar-refractivity contribution in [1.82, 2.24) is 5.32 Å². The van der Waals surface area contributed by atoms with Crippen LogP contribution in [0.3, 0.4) is 0 Å². The summed E-state index contributed by atoms with van der Waals surface area (Å²) in [7, 11) is 0. The van der Waals surface area contributed by atoms with Gasteiger partial charge in [0.1, 0.15) is 0 Å². The largest absolute Gasteiger partial charge is 0.394 e. The number of carbonyl (C=O) groups excluding carboxylic acids is 1. The maximum absolute atomic E-state index is 12.1. The lowest BCUT2D eigenvalue weighted by Crippen LogP contribution is -2.45. The zero-order valence-electron chi connectivity index (χ0n) is 22.4. The Labute approximate surface area is 206 Å². The highest BCUT2D eigenvalue weighted by Gasteiger charge is 2.19. The number of aliphatic hydroxyl groups is 2. The van der Waals surface area contributed by atoms with Gasteiger partial charge in [-0.05, 0) is 12.8 Å². The van der Waals surface area contributed by atoms with E-state index >= 15 is 0 Å². The Kier molecular flexibility index (Phi) is 25.5. The van der Waals surface area contributed by atoms with Crippen molar-refractivity contribution in [3.05, 3.63) is 0 Å². The van der Waals surface area contributed by atoms with Crippen molar-refractivity contribution < 1.29 is 15.0 Å². The van der Waals surface area contributed by atoms with Gasteiger partial charge in [0, 0.05) is 6.42 Å². The summed E-state index contributed by atoms with van der Waals surface area (Å²) in [6.45, 7) is 4.31. The van der Waals surface area contributed by atoms with Gasteiger partial charge in [-0.25, -0.2) is 0 Å². The normalized spacial score (nSPS) is 13.2. The highest BCUT2D eigenvalue weighted by molar-refractivity contribution is 5.76. The molecule has 0 saturated heterocycles. The summed E-state index contributed by atoms with van der Waals surface area (Å²) in [6.07, 6.45) is 27.1. The lowest BCUT2D eigenvalue weighted by molar-refractivity contribution is -0.123. The van der Waals surface area contributed by atoms with Gasteiger partial charge in [0.05, 0.1) is 18.8 Å². The molecule has 0 heterocycles. The lowest BCUT2D eigenvalue weighted by Gasteiger charge is -2.22. The lowest BCUT2D eigenvalue weighted by atomic mass is 10.0. The van der Waals surface area contributed by atoms with E-state index in [-0.39, 0.29) is 12.5 Å². The highest BCUT2D eigenvalue weighted by Crippen LogP contribution is 2.14. The maximum atomic E-state index is 12.1. The van der Waals surface area contributed by atoms with Gasteiger partial charge in [0.2, 0.25) is 5.91 Å². The van der Waals surface area contributed by atoms with Gasteiger partial charge in [0.25, 0.3) is 0 Å². The molecule has 0 rings (SSSR count). The van der Waals surface area contributed by atoms with E-state index in [9.17, 15) is 15.0 Å². The van der Waals surface area contributed by atoms with Crippen LogP contribution >= 0.6 is 0 Å². The highest BCUT2D eigenvalue weighted by atomic mass is 16.3. The summed E-state index contributed by atoms with van der Waals surface area (Å²) in [5, 5.41) is 22.8. The summed E-state index contributed by atoms with van der Waals surface area (Å²) in [5.41, 5.74) is 0. The van der Waals surface area contributed by atoms with E-state index < -0.39 is 12.1 Å². The SMILES string of the molecule is CCCCCCCCCCCCCCC[C@@H](O)[C@H](CO)NC(=O)CCCCCCCCCC. The fourth-order valence-electron chi connectivity index (χ4n) is 4.53. The fourth-order valence-corrected chi connectivity index (χ4v) is 4.53. The molecule has 0 aromatic carbocycles. The quantitative estimate of drug-likeness (QED) is 0.113. The predicted octanol–water partition coefficient (Wildman–Crippen LogP) is 7.84. The molecule has 3 N–H and O–H groups in total. The number of rotatable bonds is 26. The van der Waals surface area contributed by atoms with E-state index in [0.29, 0.717) is 12.8 Å². The van der Waals surface area contributed by atoms with E-state index in [4.69, 9.17) is 0 Å². The van der Waals surface area contributed by atoms with Crippen molar-refractivity contribution in [3.63, 3.8) is 0 Å². The Morgan fingerprint density at radius 2 is 0.970 bits per heavy atom. The number of unbranched alkanes of at least 4 members (excludes halogenated alkanes) is 19. The maximum Gasteiger partial charge on any atom is 0.220 e. The first-order valence-electron chi connectivity index (χ1n) is 14.7. The first-order chi connectivity index (χ1) is 16.2. The van der Waals surface area contributed by atoms with E-state index in [0.717, 1.165) is 25.7 Å². The standard InChI is InChI=1S/C29H59NO3/c1-3-5-7-9-11-13-14-15-16-17-18-20-22-24-28(32)27(26-31)30-29(33)25-23-21-19-12-10-8-6-4-2/h27-28,31-32H,3-26H2,1-2H3,(H,30,33)/t27-,28+/m0/s1. The van der Waals surface area contributed by atoms with Crippen LogP contribution in [0.1, 0.15) is 162 Å².